The lowest BCUT2D eigenvalue weighted by Crippen LogP contribution is -2.50. The Morgan fingerprint density at radius 1 is 1.07 bits per heavy atom. The maximum absolute atomic E-state index is 5.73. The Morgan fingerprint density at radius 2 is 1.83 bits per heavy atom. The highest BCUT2D eigenvalue weighted by atomic mass is 35.5. The molecule has 0 spiro atoms. The molecule has 29 heavy (non-hydrogen) atoms. The van der Waals surface area contributed by atoms with E-state index in [1.807, 2.05) is 0 Å². The molecule has 1 aromatic rings. The molecule has 0 bridgehead atoms. The van der Waals surface area contributed by atoms with Gasteiger partial charge in [0.2, 0.25) is 0 Å². The largest absolute Gasteiger partial charge is 0.379 e. The summed E-state index contributed by atoms with van der Waals surface area (Å²) in [6, 6.07) is 10.2. The number of halogens is 1. The van der Waals surface area contributed by atoms with Crippen molar-refractivity contribution in [3.8, 4) is 0 Å². The van der Waals surface area contributed by atoms with Crippen molar-refractivity contribution in [2.45, 2.75) is 51.4 Å². The maximum atomic E-state index is 5.73. The van der Waals surface area contributed by atoms with Gasteiger partial charge in [0.15, 0.2) is 0 Å². The molecule has 0 aromatic heterocycles. The van der Waals surface area contributed by atoms with E-state index in [4.69, 9.17) is 4.74 Å². The van der Waals surface area contributed by atoms with Gasteiger partial charge in [0.1, 0.15) is 0 Å². The number of morpholine rings is 1. The minimum absolute atomic E-state index is 0. The predicted octanol–water partition coefficient (Wildman–Crippen LogP) is 2.49. The van der Waals surface area contributed by atoms with Gasteiger partial charge in [0, 0.05) is 57.9 Å². The molecule has 2 aliphatic heterocycles. The first kappa shape index (κ1) is 23.0. The van der Waals surface area contributed by atoms with Crippen molar-refractivity contribution in [3.05, 3.63) is 35.4 Å². The number of hydrogen-bond acceptors (Lipinski definition) is 5. The van der Waals surface area contributed by atoms with Gasteiger partial charge < -0.3 is 20.3 Å². The molecule has 0 radical (unpaired) electrons. The first-order valence-corrected chi connectivity index (χ1v) is 11.4. The van der Waals surface area contributed by atoms with Crippen molar-refractivity contribution in [1.29, 1.82) is 0 Å². The molecule has 164 valence electrons. The monoisotopic (exact) mass is 422 g/mol. The Labute approximate surface area is 183 Å². The fraction of sp³-hybridized carbons (Fsp3) is 0.739. The van der Waals surface area contributed by atoms with Crippen LogP contribution in [0, 0.1) is 5.92 Å². The van der Waals surface area contributed by atoms with Crippen LogP contribution in [-0.4, -0.2) is 74.4 Å². The van der Waals surface area contributed by atoms with Crippen molar-refractivity contribution in [2.24, 2.45) is 5.92 Å². The third-order valence-corrected chi connectivity index (χ3v) is 7.02. The van der Waals surface area contributed by atoms with Crippen molar-refractivity contribution in [2.75, 3.05) is 52.5 Å². The Morgan fingerprint density at radius 3 is 2.55 bits per heavy atom. The second-order valence-electron chi connectivity index (χ2n) is 8.70. The number of hydrogen-bond donors (Lipinski definition) is 2. The van der Waals surface area contributed by atoms with Gasteiger partial charge in [0.25, 0.3) is 0 Å². The van der Waals surface area contributed by atoms with Crippen LogP contribution in [0.2, 0.25) is 0 Å². The fourth-order valence-corrected chi connectivity index (χ4v) is 5.21. The number of nitrogens with one attached hydrogen (secondary N) is 2. The van der Waals surface area contributed by atoms with Gasteiger partial charge in [0.05, 0.1) is 13.2 Å². The van der Waals surface area contributed by atoms with Crippen molar-refractivity contribution in [3.63, 3.8) is 0 Å². The van der Waals surface area contributed by atoms with E-state index in [0.29, 0.717) is 18.0 Å². The molecular formula is C23H39ClN4O. The van der Waals surface area contributed by atoms with E-state index in [0.717, 1.165) is 32.8 Å². The molecule has 2 N–H and O–H groups in total. The van der Waals surface area contributed by atoms with Crippen LogP contribution in [0.1, 0.15) is 37.3 Å². The van der Waals surface area contributed by atoms with Crippen LogP contribution in [0.5, 0.6) is 0 Å². The average molecular weight is 423 g/mol. The summed E-state index contributed by atoms with van der Waals surface area (Å²) < 4.78 is 5.73. The smallest absolute Gasteiger partial charge is 0.0623 e. The molecule has 2 heterocycles. The van der Waals surface area contributed by atoms with Crippen LogP contribution in [0.25, 0.3) is 0 Å². The lowest BCUT2D eigenvalue weighted by atomic mass is 9.93. The fourth-order valence-electron chi connectivity index (χ4n) is 5.21. The molecule has 1 aliphatic carbocycles. The van der Waals surface area contributed by atoms with E-state index < -0.39 is 0 Å². The third kappa shape index (κ3) is 6.16. The number of ether oxygens (including phenoxy) is 1. The van der Waals surface area contributed by atoms with Crippen LogP contribution < -0.4 is 10.6 Å². The minimum Gasteiger partial charge on any atom is -0.379 e. The average Bonchev–Trinajstić information content (AvgIpc) is 3.23. The van der Waals surface area contributed by atoms with Crippen molar-refractivity contribution in [1.82, 2.24) is 20.4 Å². The first-order chi connectivity index (χ1) is 13.8. The molecule has 3 unspecified atom stereocenters. The topological polar surface area (TPSA) is 39.8 Å². The quantitative estimate of drug-likeness (QED) is 0.706. The van der Waals surface area contributed by atoms with Crippen LogP contribution in [0.15, 0.2) is 24.3 Å². The van der Waals surface area contributed by atoms with Gasteiger partial charge in [-0.05, 0) is 36.4 Å². The zero-order valence-corrected chi connectivity index (χ0v) is 18.8. The number of benzene rings is 1. The highest BCUT2D eigenvalue weighted by molar-refractivity contribution is 5.85. The second kappa shape index (κ2) is 11.6. The zero-order chi connectivity index (χ0) is 19.2. The lowest BCUT2D eigenvalue weighted by Gasteiger charge is -2.34. The van der Waals surface area contributed by atoms with E-state index in [-0.39, 0.29) is 12.4 Å². The minimum atomic E-state index is 0. The Balaban J connectivity index is 0.00000240. The van der Waals surface area contributed by atoms with E-state index in [1.54, 1.807) is 0 Å². The molecule has 3 atom stereocenters. The number of rotatable bonds is 7. The van der Waals surface area contributed by atoms with Crippen molar-refractivity contribution < 1.29 is 4.74 Å². The van der Waals surface area contributed by atoms with Gasteiger partial charge in [-0.25, -0.2) is 0 Å². The van der Waals surface area contributed by atoms with E-state index in [2.05, 4.69) is 51.6 Å². The number of nitrogens with zero attached hydrogens (tertiary/aromatic N) is 2. The van der Waals surface area contributed by atoms with Gasteiger partial charge in [-0.2, -0.15) is 0 Å². The summed E-state index contributed by atoms with van der Waals surface area (Å²) in [4.78, 5) is 5.17. The summed E-state index contributed by atoms with van der Waals surface area (Å²) in [7, 11) is 0. The molecule has 0 amide bonds. The maximum Gasteiger partial charge on any atom is 0.0623 e. The highest BCUT2D eigenvalue weighted by Gasteiger charge is 2.34. The molecule has 5 nitrogen and oxygen atoms in total. The van der Waals surface area contributed by atoms with E-state index in [1.165, 1.54) is 63.1 Å². The van der Waals surface area contributed by atoms with Crippen LogP contribution in [-0.2, 0) is 17.8 Å². The van der Waals surface area contributed by atoms with Crippen molar-refractivity contribution >= 4 is 12.4 Å². The Bertz CT molecular complexity index is 602. The molecule has 2 saturated heterocycles. The Hall–Kier alpha value is -0.690. The first-order valence-electron chi connectivity index (χ1n) is 11.4. The van der Waals surface area contributed by atoms with Crippen LogP contribution >= 0.6 is 12.4 Å². The van der Waals surface area contributed by atoms with E-state index >= 15 is 0 Å². The van der Waals surface area contributed by atoms with Gasteiger partial charge >= 0.3 is 0 Å². The molecule has 6 heteroatoms. The molecule has 3 aliphatic rings. The summed E-state index contributed by atoms with van der Waals surface area (Å²) in [6.45, 7) is 13.0. The molecular weight excluding hydrogens is 384 g/mol. The summed E-state index contributed by atoms with van der Waals surface area (Å²) in [5.41, 5.74) is 2.97. The zero-order valence-electron chi connectivity index (χ0n) is 17.9. The van der Waals surface area contributed by atoms with E-state index in [9.17, 15) is 0 Å². The Kier molecular flexibility index (Phi) is 9.22. The lowest BCUT2D eigenvalue weighted by molar-refractivity contribution is 0.0524. The SMILES string of the molecule is CCN1CCN(Cc2ccccc2CNC2CCCC2C2COCCN2)CC1.Cl. The van der Waals surface area contributed by atoms with Gasteiger partial charge in [-0.15, -0.1) is 12.4 Å². The number of likely N-dealkylation sites (N-methyl/N-ethyl adjacent to an activating group) is 1. The summed E-state index contributed by atoms with van der Waals surface area (Å²) >= 11 is 0. The molecule has 1 saturated carbocycles. The van der Waals surface area contributed by atoms with Crippen LogP contribution in [0.3, 0.4) is 0 Å². The standard InChI is InChI=1S/C23H38N4O.ClH/c1-2-26-11-13-27(14-12-26)17-20-7-4-3-6-19(20)16-25-22-9-5-8-21(22)23-18-28-15-10-24-23;/h3-4,6-7,21-25H,2,5,8-18H2,1H3;1H. The molecule has 4 rings (SSSR count). The third-order valence-electron chi connectivity index (χ3n) is 7.02. The summed E-state index contributed by atoms with van der Waals surface area (Å²) in [5.74, 6) is 0.703. The number of piperazine rings is 1. The normalized spacial score (nSPS) is 28.9. The predicted molar refractivity (Wildman–Crippen MR) is 122 cm³/mol. The van der Waals surface area contributed by atoms with Crippen LogP contribution in [0.4, 0.5) is 0 Å². The second-order valence-corrected chi connectivity index (χ2v) is 8.70. The molecule has 1 aromatic carbocycles. The summed E-state index contributed by atoms with van der Waals surface area (Å²) in [6.07, 6.45) is 3.95. The summed E-state index contributed by atoms with van der Waals surface area (Å²) in [5, 5.41) is 7.60. The van der Waals surface area contributed by atoms with Gasteiger partial charge in [-0.1, -0.05) is 37.6 Å². The molecule has 3 fully saturated rings. The highest BCUT2D eigenvalue weighted by Crippen LogP contribution is 2.30. The van der Waals surface area contributed by atoms with Gasteiger partial charge in [-0.3, -0.25) is 4.90 Å².